The van der Waals surface area contributed by atoms with E-state index in [2.05, 4.69) is 31.3 Å². The number of rotatable bonds is 3. The maximum atomic E-state index is 11.4. The molecule has 0 aliphatic heterocycles. The SMILES string of the molecule is O=C(NCc1nn[nH]n1)Nc1ccccc1. The van der Waals surface area contributed by atoms with E-state index in [-0.39, 0.29) is 12.6 Å². The molecule has 0 fully saturated rings. The molecule has 0 bridgehead atoms. The number of H-pyrrole nitrogens is 1. The first-order valence-corrected chi connectivity index (χ1v) is 4.67. The Kier molecular flexibility index (Phi) is 3.07. The molecule has 2 aromatic rings. The normalized spacial score (nSPS) is 9.75. The number of para-hydroxylation sites is 1. The van der Waals surface area contributed by atoms with Crippen molar-refractivity contribution >= 4 is 11.7 Å². The number of benzene rings is 1. The lowest BCUT2D eigenvalue weighted by Crippen LogP contribution is -2.28. The molecule has 0 saturated carbocycles. The van der Waals surface area contributed by atoms with Crippen molar-refractivity contribution in [3.8, 4) is 0 Å². The molecule has 0 spiro atoms. The number of anilines is 1. The van der Waals surface area contributed by atoms with Crippen LogP contribution >= 0.6 is 0 Å². The quantitative estimate of drug-likeness (QED) is 0.699. The van der Waals surface area contributed by atoms with Crippen molar-refractivity contribution in [2.75, 3.05) is 5.32 Å². The van der Waals surface area contributed by atoms with Gasteiger partial charge in [-0.1, -0.05) is 23.4 Å². The van der Waals surface area contributed by atoms with Crippen LogP contribution in [0, 0.1) is 0 Å². The Bertz CT molecular complexity index is 440. The monoisotopic (exact) mass is 218 g/mol. The van der Waals surface area contributed by atoms with Crippen LogP contribution < -0.4 is 10.6 Å². The van der Waals surface area contributed by atoms with Crippen LogP contribution in [-0.4, -0.2) is 26.7 Å². The van der Waals surface area contributed by atoms with Crippen LogP contribution in [0.4, 0.5) is 10.5 Å². The molecular formula is C9H10N6O. The first-order valence-electron chi connectivity index (χ1n) is 4.67. The number of carbonyl (C=O) groups excluding carboxylic acids is 1. The van der Waals surface area contributed by atoms with E-state index < -0.39 is 0 Å². The van der Waals surface area contributed by atoms with Crippen LogP contribution in [0.3, 0.4) is 0 Å². The Morgan fingerprint density at radius 1 is 1.31 bits per heavy atom. The summed E-state index contributed by atoms with van der Waals surface area (Å²) in [5.41, 5.74) is 0.730. The van der Waals surface area contributed by atoms with Crippen molar-refractivity contribution in [1.82, 2.24) is 25.9 Å². The molecule has 3 N–H and O–H groups in total. The van der Waals surface area contributed by atoms with Gasteiger partial charge >= 0.3 is 6.03 Å². The van der Waals surface area contributed by atoms with E-state index in [1.54, 1.807) is 12.1 Å². The van der Waals surface area contributed by atoms with Crippen LogP contribution in [-0.2, 0) is 6.54 Å². The van der Waals surface area contributed by atoms with Gasteiger partial charge in [-0.15, -0.1) is 10.2 Å². The van der Waals surface area contributed by atoms with E-state index in [0.717, 1.165) is 5.69 Å². The molecule has 0 aliphatic carbocycles. The van der Waals surface area contributed by atoms with Gasteiger partial charge in [0, 0.05) is 5.69 Å². The highest BCUT2D eigenvalue weighted by Crippen LogP contribution is 2.03. The first kappa shape index (κ1) is 10.1. The average Bonchev–Trinajstić information content (AvgIpc) is 2.81. The maximum absolute atomic E-state index is 11.4. The molecule has 7 nitrogen and oxygen atoms in total. The zero-order chi connectivity index (χ0) is 11.2. The topological polar surface area (TPSA) is 95.6 Å². The number of tetrazole rings is 1. The number of hydrogen-bond acceptors (Lipinski definition) is 4. The van der Waals surface area contributed by atoms with Crippen molar-refractivity contribution in [3.63, 3.8) is 0 Å². The molecule has 2 rings (SSSR count). The molecule has 0 unspecified atom stereocenters. The average molecular weight is 218 g/mol. The molecular weight excluding hydrogens is 208 g/mol. The Balaban J connectivity index is 1.81. The van der Waals surface area contributed by atoms with Crippen LogP contribution in [0.2, 0.25) is 0 Å². The number of amides is 2. The second kappa shape index (κ2) is 4.87. The van der Waals surface area contributed by atoms with E-state index in [1.807, 2.05) is 18.2 Å². The summed E-state index contributed by atoms with van der Waals surface area (Å²) >= 11 is 0. The van der Waals surface area contributed by atoms with E-state index in [4.69, 9.17) is 0 Å². The molecule has 2 amide bonds. The lowest BCUT2D eigenvalue weighted by molar-refractivity contribution is 0.251. The van der Waals surface area contributed by atoms with Crippen molar-refractivity contribution in [1.29, 1.82) is 0 Å². The highest BCUT2D eigenvalue weighted by Gasteiger charge is 2.02. The largest absolute Gasteiger partial charge is 0.330 e. The van der Waals surface area contributed by atoms with E-state index in [9.17, 15) is 4.79 Å². The van der Waals surface area contributed by atoms with Crippen LogP contribution in [0.5, 0.6) is 0 Å². The predicted molar refractivity (Wildman–Crippen MR) is 56.5 cm³/mol. The van der Waals surface area contributed by atoms with Gasteiger partial charge in [0.05, 0.1) is 6.54 Å². The van der Waals surface area contributed by atoms with Gasteiger partial charge in [-0.2, -0.15) is 5.21 Å². The first-order chi connectivity index (χ1) is 7.84. The summed E-state index contributed by atoms with van der Waals surface area (Å²) in [4.78, 5) is 11.4. The standard InChI is InChI=1S/C9H10N6O/c16-9(10-6-8-12-14-15-13-8)11-7-4-2-1-3-5-7/h1-5H,6H2,(H2,10,11,16)(H,12,13,14,15). The molecule has 1 heterocycles. The highest BCUT2D eigenvalue weighted by molar-refractivity contribution is 5.89. The molecule has 0 aliphatic rings. The summed E-state index contributed by atoms with van der Waals surface area (Å²) in [6.45, 7) is 0.231. The van der Waals surface area contributed by atoms with Crippen LogP contribution in [0.1, 0.15) is 5.82 Å². The summed E-state index contributed by atoms with van der Waals surface area (Å²) < 4.78 is 0. The third kappa shape index (κ3) is 2.77. The Morgan fingerprint density at radius 3 is 2.81 bits per heavy atom. The fourth-order valence-electron chi connectivity index (χ4n) is 1.11. The second-order valence-corrected chi connectivity index (χ2v) is 3.00. The number of aromatic amines is 1. The van der Waals surface area contributed by atoms with Gasteiger partial charge in [-0.3, -0.25) is 0 Å². The summed E-state index contributed by atoms with van der Waals surface area (Å²) in [7, 11) is 0. The smallest absolute Gasteiger partial charge is 0.319 e. The predicted octanol–water partition coefficient (Wildman–Crippen LogP) is 0.521. The van der Waals surface area contributed by atoms with Crippen molar-refractivity contribution in [2.45, 2.75) is 6.54 Å². The third-order valence-electron chi connectivity index (χ3n) is 1.83. The van der Waals surface area contributed by atoms with Crippen molar-refractivity contribution in [3.05, 3.63) is 36.2 Å². The van der Waals surface area contributed by atoms with Crippen LogP contribution in [0.25, 0.3) is 0 Å². The lowest BCUT2D eigenvalue weighted by Gasteiger charge is -2.04. The number of aromatic nitrogens is 4. The van der Waals surface area contributed by atoms with Gasteiger partial charge in [-0.25, -0.2) is 4.79 Å². The van der Waals surface area contributed by atoms with Gasteiger partial charge in [-0.05, 0) is 12.1 Å². The third-order valence-corrected chi connectivity index (χ3v) is 1.83. The van der Waals surface area contributed by atoms with Gasteiger partial charge < -0.3 is 10.6 Å². The van der Waals surface area contributed by atoms with E-state index >= 15 is 0 Å². The van der Waals surface area contributed by atoms with Gasteiger partial charge in [0.25, 0.3) is 0 Å². The van der Waals surface area contributed by atoms with E-state index in [0.29, 0.717) is 5.82 Å². The summed E-state index contributed by atoms with van der Waals surface area (Å²) in [5.74, 6) is 0.434. The molecule has 0 saturated heterocycles. The molecule has 1 aromatic carbocycles. The fourth-order valence-corrected chi connectivity index (χ4v) is 1.11. The minimum Gasteiger partial charge on any atom is -0.330 e. The molecule has 0 radical (unpaired) electrons. The fraction of sp³-hybridized carbons (Fsp3) is 0.111. The molecule has 7 heteroatoms. The van der Waals surface area contributed by atoms with E-state index in [1.165, 1.54) is 0 Å². The number of nitrogens with zero attached hydrogens (tertiary/aromatic N) is 3. The number of nitrogens with one attached hydrogen (secondary N) is 3. The van der Waals surface area contributed by atoms with Crippen LogP contribution in [0.15, 0.2) is 30.3 Å². The van der Waals surface area contributed by atoms with Gasteiger partial charge in [0.15, 0.2) is 5.82 Å². The summed E-state index contributed by atoms with van der Waals surface area (Å²) in [5, 5.41) is 18.4. The number of carbonyl (C=O) groups is 1. The maximum Gasteiger partial charge on any atom is 0.319 e. The Morgan fingerprint density at radius 2 is 2.12 bits per heavy atom. The number of urea groups is 1. The summed E-state index contributed by atoms with van der Waals surface area (Å²) in [6.07, 6.45) is 0. The lowest BCUT2D eigenvalue weighted by atomic mass is 10.3. The minimum absolute atomic E-state index is 0.231. The van der Waals surface area contributed by atoms with Crippen molar-refractivity contribution in [2.24, 2.45) is 0 Å². The summed E-state index contributed by atoms with van der Waals surface area (Å²) in [6, 6.07) is 8.85. The minimum atomic E-state index is -0.309. The second-order valence-electron chi connectivity index (χ2n) is 3.00. The Hall–Kier alpha value is -2.44. The number of hydrogen-bond donors (Lipinski definition) is 3. The zero-order valence-corrected chi connectivity index (χ0v) is 8.34. The highest BCUT2D eigenvalue weighted by atomic mass is 16.2. The molecule has 1 aromatic heterocycles. The van der Waals surface area contributed by atoms with Gasteiger partial charge in [0.1, 0.15) is 0 Å². The zero-order valence-electron chi connectivity index (χ0n) is 8.34. The Labute approximate surface area is 91.3 Å². The molecule has 0 atom stereocenters. The molecule has 16 heavy (non-hydrogen) atoms. The molecule has 82 valence electrons. The van der Waals surface area contributed by atoms with Gasteiger partial charge in [0.2, 0.25) is 0 Å². The van der Waals surface area contributed by atoms with Crippen molar-refractivity contribution < 1.29 is 4.79 Å².